The molecular weight excluding hydrogens is 523 g/mol. The number of carbonyl (C=O) groups excluding carboxylic acids is 1. The Morgan fingerprint density at radius 1 is 1.29 bits per heavy atom. The van der Waals surface area contributed by atoms with Gasteiger partial charge in [0.15, 0.2) is 0 Å². The molecule has 9 nitrogen and oxygen atoms in total. The number of halogens is 3. The molecule has 0 unspecified atom stereocenters. The van der Waals surface area contributed by atoms with E-state index in [1.54, 1.807) is 24.3 Å². The van der Waals surface area contributed by atoms with Crippen LogP contribution in [-0.2, 0) is 21.4 Å². The largest absolute Gasteiger partial charge is 0.443 e. The number of fused-ring (bicyclic) bond motifs is 1. The van der Waals surface area contributed by atoms with E-state index in [0.29, 0.717) is 35.1 Å². The number of furan rings is 1. The Bertz CT molecular complexity index is 1500. The van der Waals surface area contributed by atoms with Crippen LogP contribution in [0.1, 0.15) is 31.0 Å². The third kappa shape index (κ3) is 5.83. The minimum absolute atomic E-state index is 0.0447. The maximum atomic E-state index is 13.3. The van der Waals surface area contributed by atoms with Gasteiger partial charge in [0, 0.05) is 29.8 Å². The van der Waals surface area contributed by atoms with Crippen molar-refractivity contribution in [1.82, 2.24) is 14.6 Å². The van der Waals surface area contributed by atoms with Crippen molar-refractivity contribution in [2.45, 2.75) is 43.6 Å². The van der Waals surface area contributed by atoms with Crippen LogP contribution in [0, 0.1) is 0 Å². The Hall–Kier alpha value is -3.84. The van der Waals surface area contributed by atoms with Crippen LogP contribution in [0.3, 0.4) is 0 Å². The van der Waals surface area contributed by atoms with Crippen LogP contribution in [0.25, 0.3) is 16.7 Å². The van der Waals surface area contributed by atoms with Gasteiger partial charge in [0.2, 0.25) is 11.0 Å². The zero-order valence-electron chi connectivity index (χ0n) is 20.3. The summed E-state index contributed by atoms with van der Waals surface area (Å²) in [5, 5.41) is 3.10. The molecule has 0 radical (unpaired) electrons. The molecule has 2 aromatic heterocycles. The van der Waals surface area contributed by atoms with Gasteiger partial charge in [-0.3, -0.25) is 19.8 Å². The van der Waals surface area contributed by atoms with Crippen LogP contribution in [-0.4, -0.2) is 54.8 Å². The number of rotatable bonds is 8. The highest BCUT2D eigenvalue weighted by molar-refractivity contribution is 7.89. The quantitative estimate of drug-likeness (QED) is 0.422. The lowest BCUT2D eigenvalue weighted by Gasteiger charge is -2.22. The van der Waals surface area contributed by atoms with Gasteiger partial charge in [-0.1, -0.05) is 18.2 Å². The van der Waals surface area contributed by atoms with Gasteiger partial charge in [-0.15, -0.1) is 0 Å². The van der Waals surface area contributed by atoms with Crippen LogP contribution in [0.4, 0.5) is 13.2 Å². The molecule has 1 aliphatic rings. The summed E-state index contributed by atoms with van der Waals surface area (Å²) in [4.78, 5) is 24.3. The van der Waals surface area contributed by atoms with Crippen molar-refractivity contribution in [2.24, 2.45) is 9.98 Å². The van der Waals surface area contributed by atoms with Gasteiger partial charge >= 0.3 is 6.18 Å². The number of nitrogens with one attached hydrogen (secondary N) is 1. The van der Waals surface area contributed by atoms with Crippen LogP contribution >= 0.6 is 0 Å². The summed E-state index contributed by atoms with van der Waals surface area (Å²) in [6, 6.07) is 10.4. The molecule has 1 N–H and O–H groups in total. The van der Waals surface area contributed by atoms with Crippen molar-refractivity contribution in [1.29, 1.82) is 0 Å². The van der Waals surface area contributed by atoms with Gasteiger partial charge in [-0.05, 0) is 44.7 Å². The Kier molecular flexibility index (Phi) is 7.78. The van der Waals surface area contributed by atoms with Crippen molar-refractivity contribution < 1.29 is 30.8 Å². The fraction of sp³-hybridized carbons (Fsp3) is 0.280. The monoisotopic (exact) mass is 547 g/mol. The summed E-state index contributed by atoms with van der Waals surface area (Å²) in [5.41, 5.74) is 0.250. The normalized spacial score (nSPS) is 17.6. The van der Waals surface area contributed by atoms with Crippen LogP contribution in [0.15, 0.2) is 74.4 Å². The van der Waals surface area contributed by atoms with Crippen LogP contribution in [0.2, 0.25) is 0 Å². The van der Waals surface area contributed by atoms with E-state index in [2.05, 4.69) is 27.0 Å². The molecule has 1 amide bonds. The molecule has 1 aromatic carbocycles. The third-order valence-corrected chi connectivity index (χ3v) is 7.75. The van der Waals surface area contributed by atoms with Crippen molar-refractivity contribution in [2.75, 3.05) is 6.54 Å². The maximum Gasteiger partial charge on any atom is 0.429 e. The van der Waals surface area contributed by atoms with Gasteiger partial charge in [-0.2, -0.15) is 17.5 Å². The van der Waals surface area contributed by atoms with Crippen molar-refractivity contribution >= 4 is 45.0 Å². The minimum atomic E-state index is -4.57. The number of aromatic nitrogens is 1. The highest BCUT2D eigenvalue weighted by Gasteiger charge is 2.41. The van der Waals surface area contributed by atoms with E-state index in [0.717, 1.165) is 17.4 Å². The third-order valence-electron chi connectivity index (χ3n) is 5.99. The average Bonchev–Trinajstić information content (AvgIpc) is 3.56. The first kappa shape index (κ1) is 27.2. The smallest absolute Gasteiger partial charge is 0.429 e. The summed E-state index contributed by atoms with van der Waals surface area (Å²) in [7, 11) is -4.05. The number of benzene rings is 1. The zero-order chi connectivity index (χ0) is 27.5. The van der Waals surface area contributed by atoms with Crippen LogP contribution in [0.5, 0.6) is 0 Å². The number of nitrogens with zero attached hydrogens (tertiary/aromatic N) is 4. The van der Waals surface area contributed by atoms with Gasteiger partial charge < -0.3 is 9.73 Å². The number of hydrogen-bond donors (Lipinski definition) is 1. The van der Waals surface area contributed by atoms with Crippen molar-refractivity contribution in [3.8, 4) is 0 Å². The van der Waals surface area contributed by atoms with E-state index in [-0.39, 0.29) is 23.9 Å². The highest BCUT2D eigenvalue weighted by atomic mass is 32.2. The molecular formula is C25H24F3N5O4S. The van der Waals surface area contributed by atoms with E-state index < -0.39 is 33.9 Å². The number of pyridine rings is 1. The number of para-hydroxylation sites is 1. The lowest BCUT2D eigenvalue weighted by molar-refractivity contribution is -0.124. The lowest BCUT2D eigenvalue weighted by Crippen LogP contribution is -2.45. The van der Waals surface area contributed by atoms with E-state index in [4.69, 9.17) is 4.42 Å². The van der Waals surface area contributed by atoms with Gasteiger partial charge in [0.25, 0.3) is 10.0 Å². The first-order chi connectivity index (χ1) is 18.0. The summed E-state index contributed by atoms with van der Waals surface area (Å²) < 4.78 is 71.3. The minimum Gasteiger partial charge on any atom is -0.443 e. The SMILES string of the molecule is C=N/C(=C\N=C(C)C(F)(F)F)c1ccnc(CNC(=O)[C@@H]2CCCN2S(=O)(=O)c2cc3ccccc3o2)c1. The van der Waals surface area contributed by atoms with Gasteiger partial charge in [0.1, 0.15) is 17.3 Å². The molecule has 13 heteroatoms. The number of sulfonamides is 1. The summed E-state index contributed by atoms with van der Waals surface area (Å²) in [6.45, 7) is 4.34. The first-order valence-corrected chi connectivity index (χ1v) is 13.0. The molecule has 1 atom stereocenters. The van der Waals surface area contributed by atoms with E-state index in [1.165, 1.54) is 24.4 Å². The standard InChI is InChI=1S/C25H24F3N5O4S/c1-16(25(26,27)28)31-15-20(29-2)17-9-10-30-19(12-17)14-32-24(34)21-7-5-11-33(21)38(35,36)23-13-18-6-3-4-8-22(18)37-23/h3-4,6,8-10,12-13,15,21H,2,5,7,11,14H2,1H3,(H,32,34)/b20-15-,31-16?/t21-/m0/s1. The molecule has 1 aliphatic heterocycles. The summed E-state index contributed by atoms with van der Waals surface area (Å²) in [6.07, 6.45) is -1.37. The summed E-state index contributed by atoms with van der Waals surface area (Å²) in [5.74, 6) is -0.502. The molecule has 4 rings (SSSR count). The molecule has 0 spiro atoms. The lowest BCUT2D eigenvalue weighted by atomic mass is 10.1. The molecule has 0 saturated carbocycles. The molecule has 1 saturated heterocycles. The average molecular weight is 548 g/mol. The second-order valence-electron chi connectivity index (χ2n) is 8.52. The topological polar surface area (TPSA) is 117 Å². The number of alkyl halides is 3. The molecule has 38 heavy (non-hydrogen) atoms. The van der Waals surface area contributed by atoms with E-state index in [9.17, 15) is 26.4 Å². The Labute approximate surface area is 216 Å². The fourth-order valence-electron chi connectivity index (χ4n) is 3.96. The van der Waals surface area contributed by atoms with Gasteiger partial charge in [-0.25, -0.2) is 8.42 Å². The number of carbonyl (C=O) groups is 1. The maximum absolute atomic E-state index is 13.3. The van der Waals surface area contributed by atoms with Crippen LogP contribution < -0.4 is 5.32 Å². The predicted molar refractivity (Wildman–Crippen MR) is 136 cm³/mol. The van der Waals surface area contributed by atoms with E-state index >= 15 is 0 Å². The molecule has 0 bridgehead atoms. The molecule has 3 heterocycles. The fourth-order valence-corrected chi connectivity index (χ4v) is 5.57. The first-order valence-electron chi connectivity index (χ1n) is 11.5. The highest BCUT2D eigenvalue weighted by Crippen LogP contribution is 2.30. The van der Waals surface area contributed by atoms with Gasteiger partial charge in [0.05, 0.1) is 24.1 Å². The second kappa shape index (κ2) is 10.9. The Morgan fingerprint density at radius 2 is 2.05 bits per heavy atom. The molecule has 200 valence electrons. The number of aliphatic imine (C=N–C) groups is 2. The molecule has 1 fully saturated rings. The second-order valence-corrected chi connectivity index (χ2v) is 10.3. The zero-order valence-corrected chi connectivity index (χ0v) is 21.1. The van der Waals surface area contributed by atoms with Crippen molar-refractivity contribution in [3.63, 3.8) is 0 Å². The molecule has 3 aromatic rings. The van der Waals surface area contributed by atoms with Crippen molar-refractivity contribution in [3.05, 3.63) is 66.1 Å². The Morgan fingerprint density at radius 3 is 2.76 bits per heavy atom. The van der Waals surface area contributed by atoms with E-state index in [1.807, 2.05) is 0 Å². The molecule has 0 aliphatic carbocycles. The number of amides is 1. The summed E-state index contributed by atoms with van der Waals surface area (Å²) >= 11 is 0. The Balaban J connectivity index is 1.47. The predicted octanol–water partition coefficient (Wildman–Crippen LogP) is 4.32. The number of hydrogen-bond acceptors (Lipinski definition) is 7.